The van der Waals surface area contributed by atoms with Crippen LogP contribution in [0.2, 0.25) is 0 Å². The van der Waals surface area contributed by atoms with Crippen molar-refractivity contribution in [1.82, 2.24) is 0 Å². The molecule has 0 atom stereocenters. The van der Waals surface area contributed by atoms with Gasteiger partial charge in [-0.1, -0.05) is 72.8 Å². The van der Waals surface area contributed by atoms with Crippen molar-refractivity contribution in [2.45, 2.75) is 13.8 Å². The third kappa shape index (κ3) is 1.92. The summed E-state index contributed by atoms with van der Waals surface area (Å²) >= 11 is 0. The van der Waals surface area contributed by atoms with Gasteiger partial charge in [-0.25, -0.2) is 0 Å². The lowest BCUT2D eigenvalue weighted by molar-refractivity contribution is 1.51. The first-order valence-electron chi connectivity index (χ1n) is 7.73. The highest BCUT2D eigenvalue weighted by atomic mass is 14.1. The summed E-state index contributed by atoms with van der Waals surface area (Å²) in [6.07, 6.45) is 0. The van der Waals surface area contributed by atoms with Gasteiger partial charge in [-0.2, -0.15) is 0 Å². The number of aryl methyl sites for hydroxylation is 2. The first-order chi connectivity index (χ1) is 10.8. The summed E-state index contributed by atoms with van der Waals surface area (Å²) in [6, 6.07) is 26.3. The molecule has 0 bridgehead atoms. The molecule has 0 saturated carbocycles. The van der Waals surface area contributed by atoms with Gasteiger partial charge in [0.05, 0.1) is 0 Å². The summed E-state index contributed by atoms with van der Waals surface area (Å²) in [5.74, 6) is 0. The Morgan fingerprint density at radius 3 is 1.18 bits per heavy atom. The molecule has 0 heterocycles. The second-order valence-corrected chi connectivity index (χ2v) is 5.95. The Bertz CT molecular complexity index is 910. The molecule has 0 unspecified atom stereocenters. The van der Waals surface area contributed by atoms with Crippen LogP contribution in [0.15, 0.2) is 72.8 Å². The van der Waals surface area contributed by atoms with E-state index in [4.69, 9.17) is 0 Å². The molecule has 0 aliphatic heterocycles. The highest BCUT2D eigenvalue weighted by Crippen LogP contribution is 2.35. The minimum atomic E-state index is 1.32. The van der Waals surface area contributed by atoms with E-state index in [-0.39, 0.29) is 0 Å². The van der Waals surface area contributed by atoms with Crippen molar-refractivity contribution in [3.8, 4) is 11.1 Å². The van der Waals surface area contributed by atoms with Gasteiger partial charge in [0, 0.05) is 0 Å². The predicted molar refractivity (Wildman–Crippen MR) is 96.4 cm³/mol. The van der Waals surface area contributed by atoms with E-state index < -0.39 is 0 Å². The summed E-state index contributed by atoms with van der Waals surface area (Å²) in [5.41, 5.74) is 5.29. The van der Waals surface area contributed by atoms with E-state index in [9.17, 15) is 0 Å². The molecule has 4 rings (SSSR count). The molecule has 0 nitrogen and oxygen atoms in total. The van der Waals surface area contributed by atoms with Crippen LogP contribution in [0.4, 0.5) is 0 Å². The number of hydrogen-bond donors (Lipinski definition) is 0. The van der Waals surface area contributed by atoms with Crippen LogP contribution in [0.1, 0.15) is 11.1 Å². The molecule has 0 amide bonds. The van der Waals surface area contributed by atoms with E-state index in [0.717, 1.165) is 0 Å². The van der Waals surface area contributed by atoms with Crippen molar-refractivity contribution >= 4 is 21.5 Å². The van der Waals surface area contributed by atoms with Crippen molar-refractivity contribution in [3.05, 3.63) is 83.9 Å². The van der Waals surface area contributed by atoms with Crippen LogP contribution >= 0.6 is 0 Å². The fourth-order valence-electron chi connectivity index (χ4n) is 3.37. The van der Waals surface area contributed by atoms with Gasteiger partial charge in [0.15, 0.2) is 0 Å². The topological polar surface area (TPSA) is 0 Å². The molecule has 4 aromatic carbocycles. The Morgan fingerprint density at radius 2 is 0.773 bits per heavy atom. The maximum Gasteiger partial charge on any atom is -0.00990 e. The Labute approximate surface area is 131 Å². The summed E-state index contributed by atoms with van der Waals surface area (Å²) in [6.45, 7) is 4.36. The molecule has 4 aromatic rings. The quantitative estimate of drug-likeness (QED) is 0.385. The highest BCUT2D eigenvalue weighted by molar-refractivity contribution is 6.06. The number of hydrogen-bond acceptors (Lipinski definition) is 0. The van der Waals surface area contributed by atoms with E-state index in [1.54, 1.807) is 0 Å². The number of rotatable bonds is 1. The first kappa shape index (κ1) is 13.1. The van der Waals surface area contributed by atoms with Crippen molar-refractivity contribution in [1.29, 1.82) is 0 Å². The van der Waals surface area contributed by atoms with Crippen LogP contribution in [0, 0.1) is 13.8 Å². The Morgan fingerprint density at radius 1 is 0.409 bits per heavy atom. The molecule has 0 radical (unpaired) electrons. The average Bonchev–Trinajstić information content (AvgIpc) is 2.57. The minimum absolute atomic E-state index is 1.32. The third-order valence-corrected chi connectivity index (χ3v) is 4.57. The van der Waals surface area contributed by atoms with Gasteiger partial charge in [-0.3, -0.25) is 0 Å². The molecule has 0 saturated heterocycles. The fourth-order valence-corrected chi connectivity index (χ4v) is 3.37. The molecular formula is C22H18. The Kier molecular flexibility index (Phi) is 2.97. The van der Waals surface area contributed by atoms with E-state index >= 15 is 0 Å². The second-order valence-electron chi connectivity index (χ2n) is 5.95. The number of fused-ring (bicyclic) bond motifs is 2. The van der Waals surface area contributed by atoms with Crippen LogP contribution in [0.5, 0.6) is 0 Å². The summed E-state index contributed by atoms with van der Waals surface area (Å²) in [4.78, 5) is 0. The lowest BCUT2D eigenvalue weighted by Gasteiger charge is -2.13. The van der Waals surface area contributed by atoms with Gasteiger partial charge in [0.25, 0.3) is 0 Å². The van der Waals surface area contributed by atoms with E-state index in [1.807, 2.05) is 0 Å². The molecule has 0 N–H and O–H groups in total. The van der Waals surface area contributed by atoms with Gasteiger partial charge >= 0.3 is 0 Å². The lowest BCUT2D eigenvalue weighted by Crippen LogP contribution is -1.87. The zero-order chi connectivity index (χ0) is 15.1. The molecule has 0 aliphatic rings. The van der Waals surface area contributed by atoms with Crippen LogP contribution in [0.25, 0.3) is 32.7 Å². The zero-order valence-electron chi connectivity index (χ0n) is 12.9. The Hall–Kier alpha value is -2.60. The summed E-state index contributed by atoms with van der Waals surface area (Å²) in [7, 11) is 0. The standard InChI is InChI=1S/C22H18/c1-15-11-13-21(19-9-5-3-7-17(15)19)22-14-12-16(2)18-8-4-6-10-20(18)22/h3-14H,1-2H3. The predicted octanol–water partition coefficient (Wildman–Crippen LogP) is 6.28. The lowest BCUT2D eigenvalue weighted by atomic mass is 9.91. The van der Waals surface area contributed by atoms with Gasteiger partial charge in [0.2, 0.25) is 0 Å². The average molecular weight is 282 g/mol. The molecule has 0 aliphatic carbocycles. The SMILES string of the molecule is Cc1ccc(-c2ccc(C)c3ccccc23)c2ccccc12. The fraction of sp³-hybridized carbons (Fsp3) is 0.0909. The minimum Gasteiger partial charge on any atom is -0.0616 e. The van der Waals surface area contributed by atoms with E-state index in [1.165, 1.54) is 43.8 Å². The van der Waals surface area contributed by atoms with Crippen LogP contribution < -0.4 is 0 Å². The van der Waals surface area contributed by atoms with Crippen LogP contribution in [-0.2, 0) is 0 Å². The zero-order valence-corrected chi connectivity index (χ0v) is 12.9. The van der Waals surface area contributed by atoms with E-state index in [2.05, 4.69) is 86.6 Å². The molecule has 0 heteroatoms. The van der Waals surface area contributed by atoms with Crippen molar-refractivity contribution < 1.29 is 0 Å². The smallest absolute Gasteiger partial charge is 0.00990 e. The monoisotopic (exact) mass is 282 g/mol. The molecule has 22 heavy (non-hydrogen) atoms. The molecular weight excluding hydrogens is 264 g/mol. The largest absolute Gasteiger partial charge is 0.0616 e. The van der Waals surface area contributed by atoms with E-state index in [0.29, 0.717) is 0 Å². The summed E-state index contributed by atoms with van der Waals surface area (Å²) in [5, 5.41) is 5.34. The van der Waals surface area contributed by atoms with Crippen molar-refractivity contribution in [3.63, 3.8) is 0 Å². The third-order valence-electron chi connectivity index (χ3n) is 4.57. The van der Waals surface area contributed by atoms with Gasteiger partial charge in [-0.15, -0.1) is 0 Å². The van der Waals surface area contributed by atoms with Gasteiger partial charge in [0.1, 0.15) is 0 Å². The molecule has 0 aromatic heterocycles. The van der Waals surface area contributed by atoms with Gasteiger partial charge < -0.3 is 0 Å². The van der Waals surface area contributed by atoms with Crippen molar-refractivity contribution in [2.75, 3.05) is 0 Å². The maximum absolute atomic E-state index is 2.26. The van der Waals surface area contributed by atoms with Crippen molar-refractivity contribution in [2.24, 2.45) is 0 Å². The first-order valence-corrected chi connectivity index (χ1v) is 7.73. The second kappa shape index (κ2) is 4.99. The normalized spacial score (nSPS) is 11.2. The Balaban J connectivity index is 2.13. The maximum atomic E-state index is 2.26. The number of benzene rings is 4. The van der Waals surface area contributed by atoms with Crippen LogP contribution in [0.3, 0.4) is 0 Å². The molecule has 0 fully saturated rings. The van der Waals surface area contributed by atoms with Crippen LogP contribution in [-0.4, -0.2) is 0 Å². The molecule has 0 spiro atoms. The summed E-state index contributed by atoms with van der Waals surface area (Å²) < 4.78 is 0. The molecule has 106 valence electrons. The highest BCUT2D eigenvalue weighted by Gasteiger charge is 2.09. The van der Waals surface area contributed by atoms with Gasteiger partial charge in [-0.05, 0) is 57.6 Å².